The van der Waals surface area contributed by atoms with Crippen LogP contribution >= 0.6 is 0 Å². The summed E-state index contributed by atoms with van der Waals surface area (Å²) in [4.78, 5) is 16.6. The van der Waals surface area contributed by atoms with Gasteiger partial charge in [0.15, 0.2) is 4.91 Å². The largest absolute Gasteiger partial charge is 0.481 e. The number of allylic oxidation sites excluding steroid dienone is 1. The number of rotatable bonds is 7. The molecule has 10 nitrogen and oxygen atoms in total. The number of hydrogen-bond acceptors (Lipinski definition) is 8. The Morgan fingerprint density at radius 1 is 1.33 bits per heavy atom. The molecular weight excluding hydrogens is 410 g/mol. The zero-order valence-corrected chi connectivity index (χ0v) is 18.6. The van der Waals surface area contributed by atoms with Crippen molar-refractivity contribution in [3.63, 3.8) is 0 Å². The normalized spacial score (nSPS) is 15.8. The molecule has 1 aromatic rings. The van der Waals surface area contributed by atoms with Gasteiger partial charge in [0.1, 0.15) is 0 Å². The third kappa shape index (κ3) is 5.41. The molecule has 0 saturated carbocycles. The van der Waals surface area contributed by atoms with Crippen LogP contribution in [0.2, 0.25) is 0 Å². The number of anilines is 1. The molecule has 11 heteroatoms. The summed E-state index contributed by atoms with van der Waals surface area (Å²) >= 11 is 0. The highest BCUT2D eigenvalue weighted by Crippen LogP contribution is 2.34. The zero-order valence-electron chi connectivity index (χ0n) is 17.8. The second kappa shape index (κ2) is 9.79. The lowest BCUT2D eigenvalue weighted by Gasteiger charge is -2.22. The first-order valence-electron chi connectivity index (χ1n) is 9.64. The maximum Gasteiger partial charge on any atom is 0.333 e. The number of urea groups is 1. The number of ether oxygens (including phenoxy) is 2. The van der Waals surface area contributed by atoms with Gasteiger partial charge >= 0.3 is 6.03 Å². The zero-order chi connectivity index (χ0) is 22.5. The van der Waals surface area contributed by atoms with E-state index in [2.05, 4.69) is 15.6 Å². The lowest BCUT2D eigenvalue weighted by molar-refractivity contribution is 0.157. The van der Waals surface area contributed by atoms with E-state index >= 15 is 0 Å². The van der Waals surface area contributed by atoms with E-state index in [0.717, 1.165) is 5.56 Å². The van der Waals surface area contributed by atoms with Gasteiger partial charge in [-0.1, -0.05) is 27.7 Å². The van der Waals surface area contributed by atoms with E-state index in [9.17, 15) is 13.2 Å². The monoisotopic (exact) mass is 439 g/mol. The van der Waals surface area contributed by atoms with Gasteiger partial charge in [0.25, 0.3) is 10.0 Å². The molecule has 1 aliphatic rings. The highest BCUT2D eigenvalue weighted by atomic mass is 32.2. The quantitative estimate of drug-likeness (QED) is 0.478. The maximum absolute atomic E-state index is 12.7. The molecule has 30 heavy (non-hydrogen) atoms. The first-order chi connectivity index (χ1) is 14.1. The third-order valence-electron chi connectivity index (χ3n) is 4.40. The van der Waals surface area contributed by atoms with Gasteiger partial charge in [0.05, 0.1) is 25.1 Å². The molecule has 0 spiro atoms. The number of nitrogens with one attached hydrogen (secondary N) is 4. The van der Waals surface area contributed by atoms with Gasteiger partial charge in [-0.05, 0) is 23.8 Å². The highest BCUT2D eigenvalue weighted by Gasteiger charge is 2.27. The van der Waals surface area contributed by atoms with E-state index in [4.69, 9.17) is 14.9 Å². The van der Waals surface area contributed by atoms with Crippen molar-refractivity contribution in [3.8, 4) is 5.88 Å². The van der Waals surface area contributed by atoms with Crippen LogP contribution in [0.1, 0.15) is 57.2 Å². The summed E-state index contributed by atoms with van der Waals surface area (Å²) in [5.41, 5.74) is 1.78. The van der Waals surface area contributed by atoms with E-state index in [1.807, 2.05) is 32.4 Å². The maximum atomic E-state index is 12.7. The SMILES string of the molecule is COc1cc(C(C)C)c(NC(=O)NS(=O)(=O)/C(C=N)=C2/NCCCO2)c(C(C)C)n1. The average Bonchev–Trinajstić information content (AvgIpc) is 2.68. The minimum absolute atomic E-state index is 0.0189. The van der Waals surface area contributed by atoms with Crippen LogP contribution in [-0.4, -0.2) is 45.9 Å². The van der Waals surface area contributed by atoms with Crippen molar-refractivity contribution in [2.24, 2.45) is 0 Å². The summed E-state index contributed by atoms with van der Waals surface area (Å²) in [5.74, 6) is 0.333. The molecule has 0 atom stereocenters. The van der Waals surface area contributed by atoms with Crippen molar-refractivity contribution in [1.29, 1.82) is 5.41 Å². The van der Waals surface area contributed by atoms with E-state index < -0.39 is 21.0 Å². The van der Waals surface area contributed by atoms with Crippen molar-refractivity contribution in [3.05, 3.63) is 28.1 Å². The molecule has 0 aromatic carbocycles. The van der Waals surface area contributed by atoms with Crippen molar-refractivity contribution < 1.29 is 22.7 Å². The van der Waals surface area contributed by atoms with Crippen LogP contribution in [0.4, 0.5) is 10.5 Å². The molecule has 1 aliphatic heterocycles. The van der Waals surface area contributed by atoms with Crippen LogP contribution in [0, 0.1) is 5.41 Å². The molecule has 0 bridgehead atoms. The van der Waals surface area contributed by atoms with Crippen LogP contribution in [0.3, 0.4) is 0 Å². The Bertz CT molecular complexity index is 904. The first kappa shape index (κ1) is 23.5. The van der Waals surface area contributed by atoms with Crippen LogP contribution in [0.5, 0.6) is 5.88 Å². The van der Waals surface area contributed by atoms with E-state index in [-0.39, 0.29) is 17.7 Å². The number of sulfonamides is 1. The molecule has 0 radical (unpaired) electrons. The van der Waals surface area contributed by atoms with Gasteiger partial charge in [0.2, 0.25) is 11.8 Å². The Labute approximate surface area is 177 Å². The molecule has 166 valence electrons. The number of amides is 2. The molecule has 2 amide bonds. The standard InChI is InChI=1S/C19H29N5O5S/c1-11(2)13-9-15(28-5)22-16(12(3)4)17(13)23-19(25)24-30(26,27)14(10-20)18-21-7-6-8-29-18/h9-12,20-21H,6-8H2,1-5H3,(H2,23,24,25)/b18-14-,20-10?. The van der Waals surface area contributed by atoms with E-state index in [1.165, 1.54) is 7.11 Å². The fraction of sp³-hybridized carbons (Fsp3) is 0.526. The Morgan fingerprint density at radius 3 is 2.53 bits per heavy atom. The van der Waals surface area contributed by atoms with Crippen molar-refractivity contribution in [2.75, 3.05) is 25.6 Å². The number of carbonyl (C=O) groups is 1. The second-order valence-electron chi connectivity index (χ2n) is 7.35. The third-order valence-corrected chi connectivity index (χ3v) is 5.73. The van der Waals surface area contributed by atoms with Gasteiger partial charge in [0, 0.05) is 18.8 Å². The lowest BCUT2D eigenvalue weighted by atomic mass is 9.97. The highest BCUT2D eigenvalue weighted by molar-refractivity contribution is 7.94. The Morgan fingerprint density at radius 2 is 2.03 bits per heavy atom. The van der Waals surface area contributed by atoms with Crippen molar-refractivity contribution >= 4 is 28.0 Å². The fourth-order valence-electron chi connectivity index (χ4n) is 2.91. The lowest BCUT2D eigenvalue weighted by Crippen LogP contribution is -2.38. The second-order valence-corrected chi connectivity index (χ2v) is 9.00. The van der Waals surface area contributed by atoms with Gasteiger partial charge in [-0.25, -0.2) is 22.9 Å². The predicted octanol–water partition coefficient (Wildman–Crippen LogP) is 2.62. The smallest absolute Gasteiger partial charge is 0.333 e. The molecular formula is C19H29N5O5S. The number of carbonyl (C=O) groups excluding carboxylic acids is 1. The van der Waals surface area contributed by atoms with Gasteiger partial charge in [-0.15, -0.1) is 0 Å². The summed E-state index contributed by atoms with van der Waals surface area (Å²) in [6.07, 6.45) is 1.35. The Hall–Kier alpha value is -2.82. The van der Waals surface area contributed by atoms with E-state index in [0.29, 0.717) is 43.0 Å². The van der Waals surface area contributed by atoms with E-state index in [1.54, 1.807) is 6.07 Å². The molecule has 1 saturated heterocycles. The van der Waals surface area contributed by atoms with Crippen LogP contribution in [0.15, 0.2) is 16.9 Å². The number of aromatic nitrogens is 1. The number of nitrogens with zero attached hydrogens (tertiary/aromatic N) is 1. The average molecular weight is 440 g/mol. The summed E-state index contributed by atoms with van der Waals surface area (Å²) < 4.78 is 37.8. The van der Waals surface area contributed by atoms with Crippen LogP contribution in [0.25, 0.3) is 0 Å². The summed E-state index contributed by atoms with van der Waals surface area (Å²) in [6.45, 7) is 8.56. The molecule has 1 fully saturated rings. The Kier molecular flexibility index (Phi) is 7.65. The predicted molar refractivity (Wildman–Crippen MR) is 114 cm³/mol. The molecule has 0 unspecified atom stereocenters. The molecule has 2 rings (SSSR count). The van der Waals surface area contributed by atoms with Gasteiger partial charge in [-0.3, -0.25) is 0 Å². The summed E-state index contributed by atoms with van der Waals surface area (Å²) in [7, 11) is -2.82. The van der Waals surface area contributed by atoms with Crippen molar-refractivity contribution in [1.82, 2.24) is 15.0 Å². The topological polar surface area (TPSA) is 142 Å². The summed E-state index contributed by atoms with van der Waals surface area (Å²) in [5, 5.41) is 12.9. The van der Waals surface area contributed by atoms with Crippen LogP contribution in [-0.2, 0) is 14.8 Å². The number of pyridine rings is 1. The number of methoxy groups -OCH3 is 1. The molecule has 2 heterocycles. The summed E-state index contributed by atoms with van der Waals surface area (Å²) in [6, 6.07) is 0.757. The number of hydrogen-bond donors (Lipinski definition) is 4. The molecule has 4 N–H and O–H groups in total. The first-order valence-corrected chi connectivity index (χ1v) is 11.1. The van der Waals surface area contributed by atoms with Gasteiger partial charge in [-0.2, -0.15) is 0 Å². The van der Waals surface area contributed by atoms with Crippen LogP contribution < -0.4 is 20.1 Å². The fourth-order valence-corrected chi connectivity index (χ4v) is 3.85. The molecule has 1 aromatic heterocycles. The minimum atomic E-state index is -4.33. The Balaban J connectivity index is 2.36. The minimum Gasteiger partial charge on any atom is -0.481 e. The van der Waals surface area contributed by atoms with Gasteiger partial charge < -0.3 is 25.5 Å². The van der Waals surface area contributed by atoms with Crippen molar-refractivity contribution in [2.45, 2.75) is 46.0 Å². The molecule has 0 aliphatic carbocycles.